The number of hydrogen-bond acceptors (Lipinski definition) is 6. The Morgan fingerprint density at radius 2 is 1.71 bits per heavy atom. The van der Waals surface area contributed by atoms with Crippen molar-refractivity contribution in [3.8, 4) is 5.75 Å². The largest absolute Gasteiger partial charge is 0.452 e. The van der Waals surface area contributed by atoms with E-state index in [2.05, 4.69) is 106 Å². The van der Waals surface area contributed by atoms with Crippen LogP contribution in [0.5, 0.6) is 5.75 Å². The van der Waals surface area contributed by atoms with E-state index in [4.69, 9.17) is 9.73 Å². The van der Waals surface area contributed by atoms with Gasteiger partial charge in [-0.25, -0.2) is 5.43 Å². The molecule has 1 atom stereocenters. The third-order valence-corrected chi connectivity index (χ3v) is 8.93. The topological polar surface area (TPSA) is 61.3 Å². The van der Waals surface area contributed by atoms with Crippen molar-refractivity contribution in [2.45, 2.75) is 45.7 Å². The van der Waals surface area contributed by atoms with Crippen LogP contribution in [0.25, 0.3) is 11.3 Å². The van der Waals surface area contributed by atoms with Gasteiger partial charge in [0.1, 0.15) is 17.2 Å². The highest BCUT2D eigenvalue weighted by molar-refractivity contribution is 6.19. The molecule has 0 amide bonds. The lowest BCUT2D eigenvalue weighted by Gasteiger charge is -2.46. The van der Waals surface area contributed by atoms with Crippen LogP contribution in [0.4, 0.5) is 11.4 Å². The van der Waals surface area contributed by atoms with Gasteiger partial charge in [-0.2, -0.15) is 0 Å². The number of nitrogens with one attached hydrogen (secondary N) is 2. The van der Waals surface area contributed by atoms with Crippen LogP contribution in [-0.4, -0.2) is 18.5 Å². The summed E-state index contributed by atoms with van der Waals surface area (Å²) >= 11 is 0. The third kappa shape index (κ3) is 6.43. The van der Waals surface area contributed by atoms with Crippen LogP contribution in [0.3, 0.4) is 0 Å². The lowest BCUT2D eigenvalue weighted by molar-refractivity contribution is 0.446. The smallest absolute Gasteiger partial charge is 0.179 e. The van der Waals surface area contributed by atoms with Gasteiger partial charge >= 0.3 is 0 Å². The maximum absolute atomic E-state index is 6.34. The standard InChI is InChI=1S/C41H35N5O.C2H6/c1-42-39(29-15-3-2-4-16-29)41-40(33-20-7-12-25-38(33)47-41)43-27-28-14-13-17-30(26-28)44-34-21-8-5-18-31(34)32-19-6-10-23-36(32)46-37-24-11-9-22-35(37)45-46;1-2/h2-4,6-17,19-21,23-26,35,44-45H,1,5,18,22,27H2;1-2H3/b41-39+,43-40?;. The Labute approximate surface area is 289 Å². The number of rotatable bonds is 8. The normalized spacial score (nSPS) is 19.1. The van der Waals surface area contributed by atoms with E-state index in [0.29, 0.717) is 24.0 Å². The molecule has 2 aliphatic carbocycles. The van der Waals surface area contributed by atoms with Gasteiger partial charge in [0.15, 0.2) is 5.76 Å². The van der Waals surface area contributed by atoms with E-state index in [1.54, 1.807) is 0 Å². The van der Waals surface area contributed by atoms with Crippen LogP contribution in [0.1, 0.15) is 55.4 Å². The summed E-state index contributed by atoms with van der Waals surface area (Å²) in [5.41, 5.74) is 15.3. The summed E-state index contributed by atoms with van der Waals surface area (Å²) in [7, 11) is 0. The van der Waals surface area contributed by atoms with Crippen LogP contribution >= 0.6 is 0 Å². The number of para-hydroxylation sites is 2. The number of fused-ring (bicyclic) bond motifs is 2. The van der Waals surface area contributed by atoms with E-state index < -0.39 is 0 Å². The predicted octanol–water partition coefficient (Wildman–Crippen LogP) is 9.87. The maximum atomic E-state index is 6.34. The molecule has 0 radical (unpaired) electrons. The Kier molecular flexibility index (Phi) is 9.48. The number of aliphatic imine (C=N–C) groups is 2. The highest BCUT2D eigenvalue weighted by Gasteiger charge is 2.34. The van der Waals surface area contributed by atoms with Crippen molar-refractivity contribution in [3.63, 3.8) is 0 Å². The number of nitrogens with zero attached hydrogens (tertiary/aromatic N) is 3. The molecule has 6 nitrogen and oxygen atoms in total. The number of allylic oxidation sites excluding steroid dienone is 6. The number of hydrogen-bond donors (Lipinski definition) is 2. The molecule has 4 aromatic rings. The molecule has 2 aliphatic heterocycles. The van der Waals surface area contributed by atoms with E-state index in [0.717, 1.165) is 58.8 Å². The molecular formula is C43H41N5O. The van der Waals surface area contributed by atoms with Crippen LogP contribution in [0.15, 0.2) is 161 Å². The Morgan fingerprint density at radius 3 is 2.55 bits per heavy atom. The van der Waals surface area contributed by atoms with E-state index in [9.17, 15) is 0 Å². The van der Waals surface area contributed by atoms with Gasteiger partial charge in [-0.1, -0.05) is 105 Å². The van der Waals surface area contributed by atoms with Crippen LogP contribution in [0.2, 0.25) is 0 Å². The van der Waals surface area contributed by atoms with Crippen LogP contribution < -0.4 is 20.5 Å². The lowest BCUT2D eigenvalue weighted by atomic mass is 9.92. The Hall–Kier alpha value is -5.72. The van der Waals surface area contributed by atoms with Gasteiger partial charge in [0, 0.05) is 28.1 Å². The molecule has 0 aromatic heterocycles. The first-order chi connectivity index (χ1) is 24.3. The third-order valence-electron chi connectivity index (χ3n) is 8.93. The molecule has 4 aliphatic rings. The maximum Gasteiger partial charge on any atom is 0.179 e. The van der Waals surface area contributed by atoms with Crippen molar-refractivity contribution in [2.24, 2.45) is 9.98 Å². The second-order valence-corrected chi connectivity index (χ2v) is 11.9. The molecule has 2 N–H and O–H groups in total. The monoisotopic (exact) mass is 643 g/mol. The number of benzene rings is 4. The minimum Gasteiger partial charge on any atom is -0.452 e. The average Bonchev–Trinajstić information content (AvgIpc) is 3.51. The molecule has 8 rings (SSSR count). The van der Waals surface area contributed by atoms with E-state index in [1.807, 2.05) is 68.4 Å². The Balaban J connectivity index is 0.00000186. The summed E-state index contributed by atoms with van der Waals surface area (Å²) in [4.78, 5) is 9.49. The fourth-order valence-corrected chi connectivity index (χ4v) is 6.64. The minimum absolute atomic E-state index is 0.394. The first kappa shape index (κ1) is 31.9. The van der Waals surface area contributed by atoms with Crippen molar-refractivity contribution >= 4 is 35.1 Å². The average molecular weight is 644 g/mol. The molecule has 1 fully saturated rings. The Bertz CT molecular complexity index is 2050. The van der Waals surface area contributed by atoms with E-state index in [1.165, 1.54) is 22.5 Å². The fourth-order valence-electron chi connectivity index (χ4n) is 6.64. The van der Waals surface area contributed by atoms with Crippen LogP contribution in [0, 0.1) is 0 Å². The molecule has 244 valence electrons. The number of anilines is 2. The van der Waals surface area contributed by atoms with Gasteiger partial charge < -0.3 is 10.1 Å². The van der Waals surface area contributed by atoms with Crippen molar-refractivity contribution in [1.29, 1.82) is 0 Å². The van der Waals surface area contributed by atoms with Gasteiger partial charge in [0.05, 0.1) is 24.0 Å². The molecule has 0 spiro atoms. The SMILES string of the molecule is C=N/C(=C1/Oc2ccccc2C1=NCc1cccc(NC2=C(c3ccccc3N3NC4CC=CC=C43)CCC=C2)c1)c1ccccc1.CC. The zero-order valence-corrected chi connectivity index (χ0v) is 28.1. The molecule has 4 aromatic carbocycles. The summed E-state index contributed by atoms with van der Waals surface area (Å²) < 4.78 is 6.34. The fraction of sp³-hybridized carbons (Fsp3) is 0.163. The first-order valence-electron chi connectivity index (χ1n) is 17.1. The molecule has 49 heavy (non-hydrogen) atoms. The van der Waals surface area contributed by atoms with Gasteiger partial charge in [0.2, 0.25) is 0 Å². The second-order valence-electron chi connectivity index (χ2n) is 11.9. The molecule has 0 saturated carbocycles. The van der Waals surface area contributed by atoms with E-state index >= 15 is 0 Å². The van der Waals surface area contributed by atoms with Crippen molar-refractivity contribution in [2.75, 3.05) is 10.3 Å². The zero-order valence-electron chi connectivity index (χ0n) is 28.1. The van der Waals surface area contributed by atoms with Gasteiger partial charge in [-0.15, -0.1) is 0 Å². The highest BCUT2D eigenvalue weighted by Crippen LogP contribution is 2.40. The minimum atomic E-state index is 0.394. The second kappa shape index (κ2) is 14.6. The summed E-state index contributed by atoms with van der Waals surface area (Å²) in [6, 6.07) is 35.6. The zero-order chi connectivity index (χ0) is 33.6. The quantitative estimate of drug-likeness (QED) is 0.188. The van der Waals surface area contributed by atoms with Crippen molar-refractivity contribution < 1.29 is 4.74 Å². The van der Waals surface area contributed by atoms with Crippen LogP contribution in [-0.2, 0) is 6.54 Å². The first-order valence-corrected chi connectivity index (χ1v) is 17.1. The van der Waals surface area contributed by atoms with E-state index in [-0.39, 0.29) is 0 Å². The van der Waals surface area contributed by atoms with Gasteiger partial charge in [0.25, 0.3) is 0 Å². The molecule has 6 heteroatoms. The summed E-state index contributed by atoms with van der Waals surface area (Å²) in [6.07, 6.45) is 14.1. The molecule has 2 heterocycles. The summed E-state index contributed by atoms with van der Waals surface area (Å²) in [6.45, 7) is 8.35. The van der Waals surface area contributed by atoms with Gasteiger partial charge in [-0.05, 0) is 79.6 Å². The van der Waals surface area contributed by atoms with Crippen molar-refractivity contribution in [1.82, 2.24) is 5.43 Å². The van der Waals surface area contributed by atoms with Gasteiger partial charge in [-0.3, -0.25) is 15.0 Å². The molecule has 1 saturated heterocycles. The molecule has 1 unspecified atom stereocenters. The van der Waals surface area contributed by atoms with Crippen molar-refractivity contribution in [3.05, 3.63) is 173 Å². The predicted molar refractivity (Wildman–Crippen MR) is 205 cm³/mol. The summed E-state index contributed by atoms with van der Waals surface area (Å²) in [5.74, 6) is 1.41. The molecule has 0 bridgehead atoms. The lowest BCUT2D eigenvalue weighted by Crippen LogP contribution is -2.60. The molecular weight excluding hydrogens is 603 g/mol. The Morgan fingerprint density at radius 1 is 0.918 bits per heavy atom. The number of hydrazine groups is 1. The highest BCUT2D eigenvalue weighted by atomic mass is 16.5. The number of ether oxygens (including phenoxy) is 1. The summed E-state index contributed by atoms with van der Waals surface area (Å²) in [5, 5.41) is 5.99.